The van der Waals surface area contributed by atoms with Crippen LogP contribution in [0.5, 0.6) is 5.75 Å². The molecular formula is C9H8BrFO. The average molecular weight is 231 g/mol. The van der Waals surface area contributed by atoms with Gasteiger partial charge < -0.3 is 5.11 Å². The van der Waals surface area contributed by atoms with Crippen LogP contribution in [0.1, 0.15) is 5.56 Å². The normalized spacial score (nSPS) is 10.8. The minimum absolute atomic E-state index is 0.0747. The van der Waals surface area contributed by atoms with E-state index >= 15 is 0 Å². The van der Waals surface area contributed by atoms with Gasteiger partial charge in [-0.15, -0.1) is 0 Å². The minimum Gasteiger partial charge on any atom is -0.508 e. The zero-order chi connectivity index (χ0) is 8.97. The molecule has 0 bridgehead atoms. The Morgan fingerprint density at radius 2 is 2.25 bits per heavy atom. The molecule has 0 saturated heterocycles. The zero-order valence-electron chi connectivity index (χ0n) is 6.30. The number of hydrogen-bond acceptors (Lipinski definition) is 1. The summed E-state index contributed by atoms with van der Waals surface area (Å²) in [6.45, 7) is 0. The van der Waals surface area contributed by atoms with Gasteiger partial charge in [-0.2, -0.15) is 0 Å². The highest BCUT2D eigenvalue weighted by atomic mass is 79.9. The molecule has 12 heavy (non-hydrogen) atoms. The van der Waals surface area contributed by atoms with Gasteiger partial charge in [0.15, 0.2) is 0 Å². The molecule has 0 radical (unpaired) electrons. The van der Waals surface area contributed by atoms with Crippen LogP contribution < -0.4 is 0 Å². The molecular weight excluding hydrogens is 223 g/mol. The number of benzene rings is 1. The topological polar surface area (TPSA) is 20.2 Å². The molecule has 1 rings (SSSR count). The molecule has 0 heterocycles. The van der Waals surface area contributed by atoms with Crippen molar-refractivity contribution in [2.45, 2.75) is 0 Å². The SMILES string of the molecule is Oc1ccc(F)c(C=CCBr)c1. The second kappa shape index (κ2) is 4.26. The Hall–Kier alpha value is -0.830. The molecule has 0 spiro atoms. The molecule has 1 aromatic carbocycles. The molecule has 1 aromatic rings. The molecule has 0 aliphatic rings. The molecule has 0 saturated carbocycles. The summed E-state index contributed by atoms with van der Waals surface area (Å²) < 4.78 is 12.9. The first-order valence-corrected chi connectivity index (χ1v) is 4.57. The Labute approximate surface area is 78.7 Å². The van der Waals surface area contributed by atoms with Crippen molar-refractivity contribution < 1.29 is 9.50 Å². The molecule has 0 aromatic heterocycles. The molecule has 0 unspecified atom stereocenters. The van der Waals surface area contributed by atoms with E-state index < -0.39 is 0 Å². The summed E-state index contributed by atoms with van der Waals surface area (Å²) >= 11 is 3.18. The standard InChI is InChI=1S/C9H8BrFO/c10-5-1-2-7-6-8(12)3-4-9(7)11/h1-4,6,12H,5H2. The number of alkyl halides is 1. The highest BCUT2D eigenvalue weighted by Gasteiger charge is 1.98. The first-order chi connectivity index (χ1) is 5.74. The Morgan fingerprint density at radius 1 is 1.50 bits per heavy atom. The third-order valence-corrected chi connectivity index (χ3v) is 1.74. The van der Waals surface area contributed by atoms with Crippen LogP contribution >= 0.6 is 15.9 Å². The molecule has 1 nitrogen and oxygen atoms in total. The molecule has 64 valence electrons. The summed E-state index contributed by atoms with van der Waals surface area (Å²) in [5.41, 5.74) is 0.398. The second-order valence-corrected chi connectivity index (χ2v) is 2.91. The molecule has 0 aliphatic heterocycles. The molecule has 0 amide bonds. The van der Waals surface area contributed by atoms with E-state index in [0.29, 0.717) is 10.9 Å². The van der Waals surface area contributed by atoms with Gasteiger partial charge in [-0.05, 0) is 18.2 Å². The second-order valence-electron chi connectivity index (χ2n) is 2.26. The average Bonchev–Trinajstić information content (AvgIpc) is 2.07. The quantitative estimate of drug-likeness (QED) is 0.776. The highest BCUT2D eigenvalue weighted by molar-refractivity contribution is 9.09. The number of hydrogen-bond donors (Lipinski definition) is 1. The van der Waals surface area contributed by atoms with Crippen LogP contribution in [-0.2, 0) is 0 Å². The minimum atomic E-state index is -0.329. The highest BCUT2D eigenvalue weighted by Crippen LogP contribution is 2.16. The summed E-state index contributed by atoms with van der Waals surface area (Å²) in [6, 6.07) is 3.94. The third kappa shape index (κ3) is 2.34. The van der Waals surface area contributed by atoms with Crippen molar-refractivity contribution in [1.29, 1.82) is 0 Å². The van der Waals surface area contributed by atoms with Crippen LogP contribution in [0.15, 0.2) is 24.3 Å². The van der Waals surface area contributed by atoms with Gasteiger partial charge in [-0.1, -0.05) is 28.1 Å². The van der Waals surface area contributed by atoms with Crippen molar-refractivity contribution in [2.24, 2.45) is 0 Å². The van der Waals surface area contributed by atoms with Crippen molar-refractivity contribution in [3.05, 3.63) is 35.7 Å². The van der Waals surface area contributed by atoms with E-state index in [1.165, 1.54) is 18.2 Å². The Morgan fingerprint density at radius 3 is 2.92 bits per heavy atom. The van der Waals surface area contributed by atoms with Gasteiger partial charge in [0.05, 0.1) is 0 Å². The fraction of sp³-hybridized carbons (Fsp3) is 0.111. The van der Waals surface area contributed by atoms with Gasteiger partial charge in [-0.25, -0.2) is 4.39 Å². The van der Waals surface area contributed by atoms with Crippen LogP contribution in [0, 0.1) is 5.82 Å². The third-order valence-electron chi connectivity index (χ3n) is 1.37. The summed E-state index contributed by atoms with van der Waals surface area (Å²) in [5, 5.41) is 9.69. The van der Waals surface area contributed by atoms with Gasteiger partial charge in [0.25, 0.3) is 0 Å². The van der Waals surface area contributed by atoms with Gasteiger partial charge >= 0.3 is 0 Å². The molecule has 0 fully saturated rings. The molecule has 1 N–H and O–H groups in total. The predicted octanol–water partition coefficient (Wildman–Crippen LogP) is 2.94. The lowest BCUT2D eigenvalue weighted by Crippen LogP contribution is -1.80. The lowest BCUT2D eigenvalue weighted by molar-refractivity contribution is 0.473. The van der Waals surface area contributed by atoms with Crippen molar-refractivity contribution in [3.63, 3.8) is 0 Å². The van der Waals surface area contributed by atoms with E-state index in [2.05, 4.69) is 15.9 Å². The maximum atomic E-state index is 12.9. The van der Waals surface area contributed by atoms with Gasteiger partial charge in [0, 0.05) is 10.9 Å². The first kappa shape index (κ1) is 9.26. The van der Waals surface area contributed by atoms with Crippen molar-refractivity contribution >= 4 is 22.0 Å². The van der Waals surface area contributed by atoms with E-state index in [4.69, 9.17) is 5.11 Å². The Bertz CT molecular complexity index is 297. The van der Waals surface area contributed by atoms with Crippen molar-refractivity contribution in [2.75, 3.05) is 5.33 Å². The smallest absolute Gasteiger partial charge is 0.130 e. The Balaban J connectivity index is 2.97. The largest absolute Gasteiger partial charge is 0.508 e. The number of phenolic OH excluding ortho intramolecular Hbond substituents is 1. The lowest BCUT2D eigenvalue weighted by atomic mass is 10.2. The zero-order valence-corrected chi connectivity index (χ0v) is 7.88. The molecule has 3 heteroatoms. The predicted molar refractivity (Wildman–Crippen MR) is 50.9 cm³/mol. The number of halogens is 2. The summed E-state index contributed by atoms with van der Waals surface area (Å²) in [4.78, 5) is 0. The number of rotatable bonds is 2. The van der Waals surface area contributed by atoms with E-state index in [1.807, 2.05) is 0 Å². The maximum Gasteiger partial charge on any atom is 0.130 e. The number of aromatic hydroxyl groups is 1. The van der Waals surface area contributed by atoms with Gasteiger partial charge in [0.1, 0.15) is 11.6 Å². The number of phenols is 1. The van der Waals surface area contributed by atoms with E-state index in [9.17, 15) is 4.39 Å². The Kier molecular flexibility index (Phi) is 3.29. The summed E-state index contributed by atoms with van der Waals surface area (Å²) in [7, 11) is 0. The molecule has 0 aliphatic carbocycles. The fourth-order valence-electron chi connectivity index (χ4n) is 0.830. The van der Waals surface area contributed by atoms with E-state index in [1.54, 1.807) is 12.2 Å². The van der Waals surface area contributed by atoms with E-state index in [0.717, 1.165) is 0 Å². The number of allylic oxidation sites excluding steroid dienone is 1. The summed E-state index contributed by atoms with van der Waals surface area (Å²) in [6.07, 6.45) is 3.38. The van der Waals surface area contributed by atoms with E-state index in [-0.39, 0.29) is 11.6 Å². The molecule has 0 atom stereocenters. The van der Waals surface area contributed by atoms with Gasteiger partial charge in [-0.3, -0.25) is 0 Å². The van der Waals surface area contributed by atoms with Crippen LogP contribution in [0.4, 0.5) is 4.39 Å². The van der Waals surface area contributed by atoms with Crippen LogP contribution in [0.3, 0.4) is 0 Å². The van der Waals surface area contributed by atoms with Crippen LogP contribution in [0.25, 0.3) is 6.08 Å². The van der Waals surface area contributed by atoms with Gasteiger partial charge in [0.2, 0.25) is 0 Å². The maximum absolute atomic E-state index is 12.9. The monoisotopic (exact) mass is 230 g/mol. The van der Waals surface area contributed by atoms with Crippen LogP contribution in [0.2, 0.25) is 0 Å². The van der Waals surface area contributed by atoms with Crippen LogP contribution in [-0.4, -0.2) is 10.4 Å². The van der Waals surface area contributed by atoms with Crippen molar-refractivity contribution in [3.8, 4) is 5.75 Å². The fourth-order valence-corrected chi connectivity index (χ4v) is 1.02. The summed E-state index contributed by atoms with van der Waals surface area (Å²) in [5.74, 6) is -0.254. The first-order valence-electron chi connectivity index (χ1n) is 3.45. The lowest BCUT2D eigenvalue weighted by Gasteiger charge is -1.96. The van der Waals surface area contributed by atoms with Crippen molar-refractivity contribution in [1.82, 2.24) is 0 Å².